The molecule has 4 nitrogen and oxygen atoms in total. The molecule has 1 aliphatic rings. The SMILES string of the molecule is CC(C)(O)CNC(=O)CCN1CCCC1. The summed E-state index contributed by atoms with van der Waals surface area (Å²) in [6.07, 6.45) is 3.05. The molecule has 1 fully saturated rings. The molecule has 0 aromatic carbocycles. The van der Waals surface area contributed by atoms with Crippen molar-refractivity contribution in [2.75, 3.05) is 26.2 Å². The zero-order valence-corrected chi connectivity index (χ0v) is 9.75. The summed E-state index contributed by atoms with van der Waals surface area (Å²) in [6.45, 7) is 6.79. The Morgan fingerprint density at radius 2 is 2.00 bits per heavy atom. The molecular formula is C11H22N2O2. The molecule has 1 aliphatic heterocycles. The van der Waals surface area contributed by atoms with E-state index in [-0.39, 0.29) is 5.91 Å². The summed E-state index contributed by atoms with van der Waals surface area (Å²) in [5.74, 6) is 0.0315. The van der Waals surface area contributed by atoms with Gasteiger partial charge in [-0.05, 0) is 39.8 Å². The Morgan fingerprint density at radius 1 is 1.40 bits per heavy atom. The van der Waals surface area contributed by atoms with Gasteiger partial charge in [-0.2, -0.15) is 0 Å². The Labute approximate surface area is 91.6 Å². The van der Waals surface area contributed by atoms with Crippen LogP contribution in [0.1, 0.15) is 33.1 Å². The quantitative estimate of drug-likeness (QED) is 0.695. The molecule has 0 aromatic heterocycles. The molecule has 4 heteroatoms. The third kappa shape index (κ3) is 5.74. The van der Waals surface area contributed by atoms with Crippen molar-refractivity contribution >= 4 is 5.91 Å². The van der Waals surface area contributed by atoms with Crippen molar-refractivity contribution in [3.8, 4) is 0 Å². The van der Waals surface area contributed by atoms with Crippen LogP contribution in [0.4, 0.5) is 0 Å². The summed E-state index contributed by atoms with van der Waals surface area (Å²) in [4.78, 5) is 13.7. The smallest absolute Gasteiger partial charge is 0.221 e. The molecule has 2 N–H and O–H groups in total. The van der Waals surface area contributed by atoms with E-state index in [2.05, 4.69) is 10.2 Å². The van der Waals surface area contributed by atoms with Gasteiger partial charge in [0.05, 0.1) is 5.60 Å². The van der Waals surface area contributed by atoms with E-state index in [1.807, 2.05) is 0 Å². The summed E-state index contributed by atoms with van der Waals surface area (Å²) >= 11 is 0. The average molecular weight is 214 g/mol. The van der Waals surface area contributed by atoms with Crippen LogP contribution in [0.3, 0.4) is 0 Å². The van der Waals surface area contributed by atoms with Gasteiger partial charge in [-0.1, -0.05) is 0 Å². The van der Waals surface area contributed by atoms with Crippen molar-refractivity contribution in [2.24, 2.45) is 0 Å². The van der Waals surface area contributed by atoms with E-state index in [9.17, 15) is 9.90 Å². The lowest BCUT2D eigenvalue weighted by atomic mass is 10.1. The van der Waals surface area contributed by atoms with Crippen LogP contribution < -0.4 is 5.32 Å². The third-order valence-electron chi connectivity index (χ3n) is 2.57. The molecule has 0 bridgehead atoms. The number of carbonyl (C=O) groups excluding carboxylic acids is 1. The molecule has 88 valence electrons. The van der Waals surface area contributed by atoms with E-state index in [4.69, 9.17) is 0 Å². The first-order valence-electron chi connectivity index (χ1n) is 5.69. The van der Waals surface area contributed by atoms with Crippen molar-refractivity contribution < 1.29 is 9.90 Å². The number of likely N-dealkylation sites (tertiary alicyclic amines) is 1. The molecule has 1 heterocycles. The van der Waals surface area contributed by atoms with Crippen molar-refractivity contribution in [3.05, 3.63) is 0 Å². The van der Waals surface area contributed by atoms with Gasteiger partial charge in [-0.25, -0.2) is 0 Å². The Bertz CT molecular complexity index is 205. The zero-order valence-electron chi connectivity index (χ0n) is 9.75. The molecule has 0 aliphatic carbocycles. The van der Waals surface area contributed by atoms with Gasteiger partial charge < -0.3 is 15.3 Å². The van der Waals surface area contributed by atoms with Crippen LogP contribution in [0, 0.1) is 0 Å². The van der Waals surface area contributed by atoms with Crippen LogP contribution in [0.5, 0.6) is 0 Å². The molecule has 0 atom stereocenters. The van der Waals surface area contributed by atoms with E-state index in [0.29, 0.717) is 13.0 Å². The van der Waals surface area contributed by atoms with Crippen molar-refractivity contribution in [1.82, 2.24) is 10.2 Å². The van der Waals surface area contributed by atoms with Gasteiger partial charge in [0, 0.05) is 19.5 Å². The number of hydrogen-bond acceptors (Lipinski definition) is 3. The first-order chi connectivity index (χ1) is 6.97. The highest BCUT2D eigenvalue weighted by Crippen LogP contribution is 2.07. The number of carbonyl (C=O) groups is 1. The van der Waals surface area contributed by atoms with Gasteiger partial charge in [0.2, 0.25) is 5.91 Å². The summed E-state index contributed by atoms with van der Waals surface area (Å²) < 4.78 is 0. The van der Waals surface area contributed by atoms with Crippen LogP contribution in [0.25, 0.3) is 0 Å². The van der Waals surface area contributed by atoms with Gasteiger partial charge >= 0.3 is 0 Å². The minimum atomic E-state index is -0.816. The first-order valence-corrected chi connectivity index (χ1v) is 5.69. The van der Waals surface area contributed by atoms with Gasteiger partial charge in [0.1, 0.15) is 0 Å². The first kappa shape index (κ1) is 12.5. The highest BCUT2D eigenvalue weighted by atomic mass is 16.3. The summed E-state index contributed by atoms with van der Waals surface area (Å²) in [5, 5.41) is 12.2. The number of hydrogen-bond donors (Lipinski definition) is 2. The molecule has 0 spiro atoms. The molecule has 1 saturated heterocycles. The standard InChI is InChI=1S/C11H22N2O2/c1-11(2,15)9-12-10(14)5-8-13-6-3-4-7-13/h15H,3-9H2,1-2H3,(H,12,14). The maximum atomic E-state index is 11.4. The average Bonchev–Trinajstić information content (AvgIpc) is 2.62. The highest BCUT2D eigenvalue weighted by molar-refractivity contribution is 5.76. The van der Waals surface area contributed by atoms with E-state index < -0.39 is 5.60 Å². The monoisotopic (exact) mass is 214 g/mol. The van der Waals surface area contributed by atoms with Gasteiger partial charge in [0.15, 0.2) is 0 Å². The molecule has 0 radical (unpaired) electrons. The molecule has 0 saturated carbocycles. The second-order valence-electron chi connectivity index (χ2n) is 4.89. The number of amides is 1. The molecule has 1 rings (SSSR count). The Hall–Kier alpha value is -0.610. The van der Waals surface area contributed by atoms with Crippen molar-refractivity contribution in [1.29, 1.82) is 0 Å². The molecule has 0 unspecified atom stereocenters. The topological polar surface area (TPSA) is 52.6 Å². The predicted molar refractivity (Wildman–Crippen MR) is 59.6 cm³/mol. The lowest BCUT2D eigenvalue weighted by molar-refractivity contribution is -0.122. The number of aliphatic hydroxyl groups is 1. The summed E-state index contributed by atoms with van der Waals surface area (Å²) in [5.41, 5.74) is -0.816. The second-order valence-corrected chi connectivity index (χ2v) is 4.89. The van der Waals surface area contributed by atoms with Crippen molar-refractivity contribution in [3.63, 3.8) is 0 Å². The van der Waals surface area contributed by atoms with Crippen LogP contribution in [-0.4, -0.2) is 47.7 Å². The largest absolute Gasteiger partial charge is 0.389 e. The summed E-state index contributed by atoms with van der Waals surface area (Å²) in [6, 6.07) is 0. The van der Waals surface area contributed by atoms with Crippen LogP contribution in [0.15, 0.2) is 0 Å². The lowest BCUT2D eigenvalue weighted by Gasteiger charge is -2.18. The van der Waals surface area contributed by atoms with E-state index >= 15 is 0 Å². The third-order valence-corrected chi connectivity index (χ3v) is 2.57. The number of rotatable bonds is 5. The van der Waals surface area contributed by atoms with E-state index in [1.54, 1.807) is 13.8 Å². The Morgan fingerprint density at radius 3 is 2.53 bits per heavy atom. The van der Waals surface area contributed by atoms with Gasteiger partial charge in [-0.3, -0.25) is 4.79 Å². The maximum absolute atomic E-state index is 11.4. The fraction of sp³-hybridized carbons (Fsp3) is 0.909. The van der Waals surface area contributed by atoms with Gasteiger partial charge in [0.25, 0.3) is 0 Å². The highest BCUT2D eigenvalue weighted by Gasteiger charge is 2.15. The predicted octanol–water partition coefficient (Wildman–Crippen LogP) is 0.359. The normalized spacial score (nSPS) is 18.1. The maximum Gasteiger partial charge on any atom is 0.221 e. The molecule has 0 aromatic rings. The number of nitrogens with one attached hydrogen (secondary N) is 1. The number of nitrogens with zero attached hydrogens (tertiary/aromatic N) is 1. The Kier molecular flexibility index (Phi) is 4.54. The fourth-order valence-corrected chi connectivity index (χ4v) is 1.67. The Balaban J connectivity index is 2.08. The second kappa shape index (κ2) is 5.47. The van der Waals surface area contributed by atoms with Crippen LogP contribution in [-0.2, 0) is 4.79 Å². The fourth-order valence-electron chi connectivity index (χ4n) is 1.67. The van der Waals surface area contributed by atoms with Crippen LogP contribution >= 0.6 is 0 Å². The van der Waals surface area contributed by atoms with Crippen LogP contribution in [0.2, 0.25) is 0 Å². The van der Waals surface area contributed by atoms with E-state index in [0.717, 1.165) is 19.6 Å². The summed E-state index contributed by atoms with van der Waals surface area (Å²) in [7, 11) is 0. The molecule has 15 heavy (non-hydrogen) atoms. The zero-order chi connectivity index (χ0) is 11.3. The minimum absolute atomic E-state index is 0.0315. The molecular weight excluding hydrogens is 192 g/mol. The molecule has 1 amide bonds. The van der Waals surface area contributed by atoms with Gasteiger partial charge in [-0.15, -0.1) is 0 Å². The lowest BCUT2D eigenvalue weighted by Crippen LogP contribution is -2.39. The van der Waals surface area contributed by atoms with E-state index in [1.165, 1.54) is 12.8 Å². The van der Waals surface area contributed by atoms with Crippen molar-refractivity contribution in [2.45, 2.75) is 38.7 Å². The minimum Gasteiger partial charge on any atom is -0.389 e.